The number of nitrogens with one attached hydrogen (secondary N) is 1. The van der Waals surface area contributed by atoms with Gasteiger partial charge in [-0.2, -0.15) is 0 Å². The minimum atomic E-state index is -0.171. The molecule has 2 heterocycles. The quantitative estimate of drug-likeness (QED) is 0.749. The van der Waals surface area contributed by atoms with Gasteiger partial charge in [-0.25, -0.2) is 4.98 Å². The van der Waals surface area contributed by atoms with E-state index in [0.717, 1.165) is 5.56 Å². The molecule has 3 rings (SSSR count). The molecule has 0 aliphatic carbocycles. The summed E-state index contributed by atoms with van der Waals surface area (Å²) in [5.41, 5.74) is 1.71. The molecule has 26 heavy (non-hydrogen) atoms. The number of carbonyl (C=O) groups excluding carboxylic acids is 1. The van der Waals surface area contributed by atoms with E-state index < -0.39 is 0 Å². The van der Waals surface area contributed by atoms with Gasteiger partial charge in [0, 0.05) is 13.6 Å². The Morgan fingerprint density at radius 1 is 1.31 bits per heavy atom. The van der Waals surface area contributed by atoms with Gasteiger partial charge in [-0.05, 0) is 32.1 Å². The molecule has 0 aliphatic heterocycles. The first-order valence-corrected chi connectivity index (χ1v) is 9.16. The van der Waals surface area contributed by atoms with E-state index in [1.807, 2.05) is 32.3 Å². The van der Waals surface area contributed by atoms with Gasteiger partial charge in [0.1, 0.15) is 4.83 Å². The van der Waals surface area contributed by atoms with Crippen molar-refractivity contribution in [1.82, 2.24) is 19.8 Å². The van der Waals surface area contributed by atoms with Crippen LogP contribution in [-0.2, 0) is 7.05 Å². The lowest BCUT2D eigenvalue weighted by Crippen LogP contribution is -2.34. The largest absolute Gasteiger partial charge is 0.349 e. The summed E-state index contributed by atoms with van der Waals surface area (Å²) in [6.07, 6.45) is 1.49. The van der Waals surface area contributed by atoms with Crippen molar-refractivity contribution in [3.8, 4) is 0 Å². The van der Waals surface area contributed by atoms with Gasteiger partial charge >= 0.3 is 0 Å². The number of benzene rings is 1. The number of carbonyl (C=O) groups is 1. The highest BCUT2D eigenvalue weighted by Gasteiger charge is 2.21. The van der Waals surface area contributed by atoms with E-state index in [-0.39, 0.29) is 17.5 Å². The Morgan fingerprint density at radius 3 is 2.65 bits per heavy atom. The van der Waals surface area contributed by atoms with E-state index >= 15 is 0 Å². The molecule has 0 bridgehead atoms. The fraction of sp³-hybridized carbons (Fsp3) is 0.316. The normalized spacial score (nSPS) is 12.5. The molecular weight excluding hydrogens is 348 g/mol. The van der Waals surface area contributed by atoms with Crippen LogP contribution >= 0.6 is 11.3 Å². The SMILES string of the molecule is Cc1c(C(=O)NC[C@@H](c2ccccc2)N(C)C)sc2ncn(C)c(=O)c12. The summed E-state index contributed by atoms with van der Waals surface area (Å²) < 4.78 is 1.43. The van der Waals surface area contributed by atoms with Gasteiger partial charge in [0.05, 0.1) is 22.6 Å². The second-order valence-corrected chi connectivity index (χ2v) is 7.50. The second-order valence-electron chi connectivity index (χ2n) is 6.50. The van der Waals surface area contributed by atoms with Crippen molar-refractivity contribution in [2.75, 3.05) is 20.6 Å². The third kappa shape index (κ3) is 3.40. The van der Waals surface area contributed by atoms with Crippen LogP contribution in [0.15, 0.2) is 41.5 Å². The van der Waals surface area contributed by atoms with E-state index in [1.165, 1.54) is 22.2 Å². The van der Waals surface area contributed by atoms with E-state index in [9.17, 15) is 9.59 Å². The molecule has 0 saturated heterocycles. The van der Waals surface area contributed by atoms with E-state index in [1.54, 1.807) is 14.0 Å². The second kappa shape index (κ2) is 7.39. The van der Waals surface area contributed by atoms with E-state index in [0.29, 0.717) is 27.2 Å². The maximum absolute atomic E-state index is 12.7. The third-order valence-electron chi connectivity index (χ3n) is 4.48. The Kier molecular flexibility index (Phi) is 5.20. The molecule has 0 unspecified atom stereocenters. The maximum atomic E-state index is 12.7. The molecule has 2 aromatic heterocycles. The number of likely N-dealkylation sites (N-methyl/N-ethyl adjacent to an activating group) is 1. The molecule has 3 aromatic rings. The zero-order chi connectivity index (χ0) is 18.8. The number of fused-ring (bicyclic) bond motifs is 1. The number of rotatable bonds is 5. The molecule has 1 atom stereocenters. The molecule has 1 aromatic carbocycles. The molecule has 0 spiro atoms. The van der Waals surface area contributed by atoms with E-state index in [4.69, 9.17) is 0 Å². The first-order valence-electron chi connectivity index (χ1n) is 8.34. The van der Waals surface area contributed by atoms with Gasteiger partial charge in [-0.1, -0.05) is 30.3 Å². The zero-order valence-electron chi connectivity index (χ0n) is 15.3. The number of aromatic nitrogens is 2. The lowest BCUT2D eigenvalue weighted by atomic mass is 10.1. The standard InChI is InChI=1S/C19H22N4O2S/c1-12-15-18(21-11-23(4)19(15)25)26-16(12)17(24)20-10-14(22(2)3)13-8-6-5-7-9-13/h5-9,11,14H,10H2,1-4H3,(H,20,24)/t14-/m0/s1. The Balaban J connectivity index is 1.84. The molecular formula is C19H22N4O2S. The molecule has 6 nitrogen and oxygen atoms in total. The molecule has 7 heteroatoms. The third-order valence-corrected chi connectivity index (χ3v) is 5.68. The highest BCUT2D eigenvalue weighted by atomic mass is 32.1. The van der Waals surface area contributed by atoms with Crippen LogP contribution in [0.5, 0.6) is 0 Å². The first kappa shape index (κ1) is 18.3. The van der Waals surface area contributed by atoms with Crippen LogP contribution in [0, 0.1) is 6.92 Å². The Bertz CT molecular complexity index is 992. The number of hydrogen-bond acceptors (Lipinski definition) is 5. The van der Waals surface area contributed by atoms with Gasteiger partial charge in [-0.3, -0.25) is 9.59 Å². The maximum Gasteiger partial charge on any atom is 0.262 e. The molecule has 0 radical (unpaired) electrons. The summed E-state index contributed by atoms with van der Waals surface area (Å²) in [7, 11) is 5.64. The molecule has 136 valence electrons. The highest BCUT2D eigenvalue weighted by Crippen LogP contribution is 2.27. The average molecular weight is 370 g/mol. The summed E-state index contributed by atoms with van der Waals surface area (Å²) >= 11 is 1.26. The van der Waals surface area contributed by atoms with Crippen molar-refractivity contribution in [3.05, 3.63) is 63.0 Å². The lowest BCUT2D eigenvalue weighted by Gasteiger charge is -2.25. The van der Waals surface area contributed by atoms with Gasteiger partial charge in [0.2, 0.25) is 0 Å². The first-order chi connectivity index (χ1) is 12.4. The summed E-state index contributed by atoms with van der Waals surface area (Å²) in [4.78, 5) is 32.5. The number of thiophene rings is 1. The van der Waals surface area contributed by atoms with E-state index in [2.05, 4.69) is 27.3 Å². The highest BCUT2D eigenvalue weighted by molar-refractivity contribution is 7.20. The fourth-order valence-corrected chi connectivity index (χ4v) is 4.02. The number of nitrogens with zero attached hydrogens (tertiary/aromatic N) is 3. The van der Waals surface area contributed by atoms with Crippen LogP contribution in [0.4, 0.5) is 0 Å². The van der Waals surface area contributed by atoms with Crippen molar-refractivity contribution < 1.29 is 4.79 Å². The molecule has 0 aliphatic rings. The lowest BCUT2D eigenvalue weighted by molar-refractivity contribution is 0.0945. The van der Waals surface area contributed by atoms with Crippen molar-refractivity contribution in [1.29, 1.82) is 0 Å². The topological polar surface area (TPSA) is 67.2 Å². The van der Waals surface area contributed by atoms with Crippen molar-refractivity contribution in [2.45, 2.75) is 13.0 Å². The Morgan fingerprint density at radius 2 is 2.00 bits per heavy atom. The van der Waals surface area contributed by atoms with Crippen LogP contribution in [0.1, 0.15) is 26.8 Å². The minimum absolute atomic E-state index is 0.0702. The van der Waals surface area contributed by atoms with Crippen LogP contribution < -0.4 is 10.9 Å². The monoisotopic (exact) mass is 370 g/mol. The predicted octanol–water partition coefficient (Wildman–Crippen LogP) is 2.34. The predicted molar refractivity (Wildman–Crippen MR) is 105 cm³/mol. The van der Waals surface area contributed by atoms with Crippen LogP contribution in [-0.4, -0.2) is 41.0 Å². The number of amides is 1. The summed E-state index contributed by atoms with van der Waals surface area (Å²) in [6.45, 7) is 2.28. The van der Waals surface area contributed by atoms with Crippen molar-refractivity contribution in [3.63, 3.8) is 0 Å². The average Bonchev–Trinajstić information content (AvgIpc) is 2.96. The number of hydrogen-bond donors (Lipinski definition) is 1. The Labute approximate surface area is 156 Å². The van der Waals surface area contributed by atoms with Gasteiger partial charge in [0.25, 0.3) is 11.5 Å². The number of aryl methyl sites for hydroxylation is 2. The van der Waals surface area contributed by atoms with Crippen LogP contribution in [0.2, 0.25) is 0 Å². The molecule has 1 amide bonds. The van der Waals surface area contributed by atoms with Crippen molar-refractivity contribution >= 4 is 27.5 Å². The smallest absolute Gasteiger partial charge is 0.262 e. The molecule has 0 fully saturated rings. The Hall–Kier alpha value is -2.51. The fourth-order valence-electron chi connectivity index (χ4n) is 2.97. The van der Waals surface area contributed by atoms with Crippen LogP contribution in [0.3, 0.4) is 0 Å². The molecule has 1 N–H and O–H groups in total. The summed E-state index contributed by atoms with van der Waals surface area (Å²) in [6, 6.07) is 10.1. The van der Waals surface area contributed by atoms with Crippen LogP contribution in [0.25, 0.3) is 10.2 Å². The minimum Gasteiger partial charge on any atom is -0.349 e. The van der Waals surface area contributed by atoms with Crippen molar-refractivity contribution in [2.24, 2.45) is 7.05 Å². The summed E-state index contributed by atoms with van der Waals surface area (Å²) in [5, 5.41) is 3.53. The molecule has 0 saturated carbocycles. The van der Waals surface area contributed by atoms with Gasteiger partial charge in [0.15, 0.2) is 0 Å². The zero-order valence-corrected chi connectivity index (χ0v) is 16.1. The van der Waals surface area contributed by atoms with Gasteiger partial charge in [-0.15, -0.1) is 11.3 Å². The summed E-state index contributed by atoms with van der Waals surface area (Å²) in [5.74, 6) is -0.171. The van der Waals surface area contributed by atoms with Gasteiger partial charge < -0.3 is 14.8 Å².